The van der Waals surface area contributed by atoms with Crippen LogP contribution in [0.4, 0.5) is 0 Å². The second-order valence-electron chi connectivity index (χ2n) is 7.80. The normalized spacial score (nSPS) is 11.1. The van der Waals surface area contributed by atoms with Crippen molar-refractivity contribution in [2.24, 2.45) is 0 Å². The van der Waals surface area contributed by atoms with Gasteiger partial charge in [0.1, 0.15) is 18.2 Å². The standard InChI is InChI=1S/C29H23IN2O3/c1-34-27-16-21(14-24(17-31)29(33)32-18-20-8-3-2-4-9-20)15-26(30)28(27)35-19-23-12-7-11-22-10-5-6-13-25(22)23/h2-16H,18-19H2,1H3,(H,32,33)/b24-14+. The number of hydrogen-bond acceptors (Lipinski definition) is 4. The van der Waals surface area contributed by atoms with Gasteiger partial charge in [0.15, 0.2) is 11.5 Å². The number of hydrogen-bond donors (Lipinski definition) is 1. The molecule has 0 saturated carbocycles. The quantitative estimate of drug-likeness (QED) is 0.153. The second kappa shape index (κ2) is 11.5. The lowest BCUT2D eigenvalue weighted by Gasteiger charge is -2.15. The molecule has 5 nitrogen and oxygen atoms in total. The lowest BCUT2D eigenvalue weighted by molar-refractivity contribution is -0.117. The van der Waals surface area contributed by atoms with Gasteiger partial charge >= 0.3 is 0 Å². The van der Waals surface area contributed by atoms with Gasteiger partial charge in [-0.25, -0.2) is 0 Å². The Morgan fingerprint density at radius 2 is 1.77 bits per heavy atom. The minimum absolute atomic E-state index is 0.0169. The molecule has 0 aliphatic carbocycles. The third-order valence-electron chi connectivity index (χ3n) is 5.48. The predicted octanol–water partition coefficient (Wildman–Crippen LogP) is 6.26. The van der Waals surface area contributed by atoms with E-state index in [2.05, 4.69) is 46.1 Å². The Morgan fingerprint density at radius 3 is 2.54 bits per heavy atom. The summed E-state index contributed by atoms with van der Waals surface area (Å²) in [7, 11) is 1.57. The van der Waals surface area contributed by atoms with E-state index in [1.165, 1.54) is 0 Å². The van der Waals surface area contributed by atoms with Gasteiger partial charge in [0.25, 0.3) is 5.91 Å². The van der Waals surface area contributed by atoms with Crippen LogP contribution < -0.4 is 14.8 Å². The minimum Gasteiger partial charge on any atom is -0.493 e. The number of rotatable bonds is 8. The van der Waals surface area contributed by atoms with Crippen LogP contribution in [0.1, 0.15) is 16.7 Å². The predicted molar refractivity (Wildman–Crippen MR) is 146 cm³/mol. The van der Waals surface area contributed by atoms with Crippen LogP contribution in [0.15, 0.2) is 90.5 Å². The van der Waals surface area contributed by atoms with Crippen LogP contribution in [0.5, 0.6) is 11.5 Å². The summed E-state index contributed by atoms with van der Waals surface area (Å²) < 4.78 is 12.6. The van der Waals surface area contributed by atoms with Crippen molar-refractivity contribution >= 4 is 45.3 Å². The largest absolute Gasteiger partial charge is 0.493 e. The maximum atomic E-state index is 12.6. The fourth-order valence-electron chi connectivity index (χ4n) is 3.72. The summed E-state index contributed by atoms with van der Waals surface area (Å²) in [5.74, 6) is 0.720. The van der Waals surface area contributed by atoms with Gasteiger partial charge in [-0.1, -0.05) is 72.8 Å². The summed E-state index contributed by atoms with van der Waals surface area (Å²) in [6.07, 6.45) is 1.56. The molecule has 35 heavy (non-hydrogen) atoms. The molecule has 0 fully saturated rings. The zero-order chi connectivity index (χ0) is 24.6. The topological polar surface area (TPSA) is 71.3 Å². The number of nitriles is 1. The summed E-state index contributed by atoms with van der Waals surface area (Å²) in [4.78, 5) is 12.6. The molecule has 174 valence electrons. The van der Waals surface area contributed by atoms with Crippen molar-refractivity contribution in [3.8, 4) is 17.6 Å². The van der Waals surface area contributed by atoms with Gasteiger partial charge in [-0.15, -0.1) is 0 Å². The number of nitrogens with zero attached hydrogens (tertiary/aromatic N) is 1. The third kappa shape index (κ3) is 6.00. The Labute approximate surface area is 218 Å². The van der Waals surface area contributed by atoms with E-state index in [-0.39, 0.29) is 5.57 Å². The van der Waals surface area contributed by atoms with Gasteiger partial charge in [0.05, 0.1) is 10.7 Å². The van der Waals surface area contributed by atoms with Crippen LogP contribution in [-0.4, -0.2) is 13.0 Å². The summed E-state index contributed by atoms with van der Waals surface area (Å²) in [5.41, 5.74) is 2.73. The van der Waals surface area contributed by atoms with Crippen LogP contribution in [0.2, 0.25) is 0 Å². The van der Waals surface area contributed by atoms with Gasteiger partial charge in [-0.05, 0) is 68.3 Å². The molecule has 0 atom stereocenters. The Balaban J connectivity index is 1.53. The van der Waals surface area contributed by atoms with Crippen LogP contribution >= 0.6 is 22.6 Å². The van der Waals surface area contributed by atoms with Crippen molar-refractivity contribution in [3.63, 3.8) is 0 Å². The van der Waals surface area contributed by atoms with E-state index < -0.39 is 5.91 Å². The lowest BCUT2D eigenvalue weighted by Crippen LogP contribution is -2.23. The molecule has 0 aromatic heterocycles. The molecule has 0 unspecified atom stereocenters. The lowest BCUT2D eigenvalue weighted by atomic mass is 10.1. The number of nitrogens with one attached hydrogen (secondary N) is 1. The molecule has 0 radical (unpaired) electrons. The third-order valence-corrected chi connectivity index (χ3v) is 6.28. The summed E-state index contributed by atoms with van der Waals surface area (Å²) in [6.45, 7) is 0.731. The van der Waals surface area contributed by atoms with Gasteiger partial charge < -0.3 is 14.8 Å². The molecule has 0 spiro atoms. The number of benzene rings is 4. The van der Waals surface area contributed by atoms with Crippen LogP contribution in [0.25, 0.3) is 16.8 Å². The highest BCUT2D eigenvalue weighted by Crippen LogP contribution is 2.35. The summed E-state index contributed by atoms with van der Waals surface area (Å²) in [6, 6.07) is 29.5. The maximum absolute atomic E-state index is 12.6. The number of ether oxygens (including phenoxy) is 2. The number of fused-ring (bicyclic) bond motifs is 1. The van der Waals surface area contributed by atoms with Crippen LogP contribution in [-0.2, 0) is 17.9 Å². The zero-order valence-electron chi connectivity index (χ0n) is 19.1. The van der Waals surface area contributed by atoms with E-state index in [0.29, 0.717) is 30.2 Å². The van der Waals surface area contributed by atoms with Crippen molar-refractivity contribution in [2.75, 3.05) is 7.11 Å². The molecule has 4 aromatic rings. The first-order chi connectivity index (χ1) is 17.1. The van der Waals surface area contributed by atoms with Crippen molar-refractivity contribution < 1.29 is 14.3 Å². The highest BCUT2D eigenvalue weighted by molar-refractivity contribution is 14.1. The molecule has 0 saturated heterocycles. The molecule has 1 amide bonds. The average Bonchev–Trinajstić information content (AvgIpc) is 2.90. The van der Waals surface area contributed by atoms with E-state index in [0.717, 1.165) is 25.5 Å². The van der Waals surface area contributed by atoms with Crippen molar-refractivity contribution in [1.29, 1.82) is 5.26 Å². The molecule has 6 heteroatoms. The van der Waals surface area contributed by atoms with E-state index in [1.54, 1.807) is 19.3 Å². The minimum atomic E-state index is -0.429. The van der Waals surface area contributed by atoms with E-state index in [9.17, 15) is 10.1 Å². The first kappa shape index (κ1) is 24.3. The van der Waals surface area contributed by atoms with Crippen LogP contribution in [0.3, 0.4) is 0 Å². The monoisotopic (exact) mass is 574 g/mol. The molecular formula is C29H23IN2O3. The molecule has 4 aromatic carbocycles. The Bertz CT molecular complexity index is 1420. The fourth-order valence-corrected chi connectivity index (χ4v) is 4.50. The number of carbonyl (C=O) groups is 1. The molecule has 0 heterocycles. The number of halogens is 1. The van der Waals surface area contributed by atoms with Crippen molar-refractivity contribution in [1.82, 2.24) is 5.32 Å². The molecule has 1 N–H and O–H groups in total. The Hall–Kier alpha value is -3.83. The fraction of sp³-hybridized carbons (Fsp3) is 0.103. The van der Waals surface area contributed by atoms with E-state index in [1.807, 2.05) is 66.7 Å². The maximum Gasteiger partial charge on any atom is 0.262 e. The summed E-state index contributed by atoms with van der Waals surface area (Å²) in [5, 5.41) is 14.7. The molecule has 0 bridgehead atoms. The van der Waals surface area contributed by atoms with Crippen molar-refractivity contribution in [2.45, 2.75) is 13.2 Å². The Kier molecular flexibility index (Phi) is 8.01. The highest BCUT2D eigenvalue weighted by Gasteiger charge is 2.14. The van der Waals surface area contributed by atoms with Gasteiger partial charge in [-0.3, -0.25) is 4.79 Å². The first-order valence-corrected chi connectivity index (χ1v) is 12.1. The highest BCUT2D eigenvalue weighted by atomic mass is 127. The molecule has 4 rings (SSSR count). The van der Waals surface area contributed by atoms with Crippen molar-refractivity contribution in [3.05, 3.63) is 111 Å². The van der Waals surface area contributed by atoms with Gasteiger partial charge in [-0.2, -0.15) is 5.26 Å². The Morgan fingerprint density at radius 1 is 1.03 bits per heavy atom. The zero-order valence-corrected chi connectivity index (χ0v) is 21.3. The van der Waals surface area contributed by atoms with E-state index >= 15 is 0 Å². The first-order valence-electron chi connectivity index (χ1n) is 11.0. The number of methoxy groups -OCH3 is 1. The van der Waals surface area contributed by atoms with Gasteiger partial charge in [0.2, 0.25) is 0 Å². The summed E-state index contributed by atoms with van der Waals surface area (Å²) >= 11 is 2.18. The molecule has 0 aliphatic heterocycles. The molecular weight excluding hydrogens is 551 g/mol. The van der Waals surface area contributed by atoms with Gasteiger partial charge in [0, 0.05) is 6.54 Å². The molecule has 0 aliphatic rings. The van der Waals surface area contributed by atoms with E-state index in [4.69, 9.17) is 9.47 Å². The SMILES string of the molecule is COc1cc(/C=C(\C#N)C(=O)NCc2ccccc2)cc(I)c1OCc1cccc2ccccc12. The van der Waals surface area contributed by atoms with Crippen LogP contribution in [0, 0.1) is 14.9 Å². The second-order valence-corrected chi connectivity index (χ2v) is 8.96. The number of carbonyl (C=O) groups excluding carboxylic acids is 1. The smallest absolute Gasteiger partial charge is 0.262 e. The number of amides is 1. The average molecular weight is 574 g/mol.